The summed E-state index contributed by atoms with van der Waals surface area (Å²) in [5.41, 5.74) is 6.32. The number of hydrogen-bond donors (Lipinski definition) is 2. The first kappa shape index (κ1) is 14.5. The Bertz CT molecular complexity index is 738. The van der Waals surface area contributed by atoms with Gasteiger partial charge in [0, 0.05) is 12.2 Å². The summed E-state index contributed by atoms with van der Waals surface area (Å²) >= 11 is 0. The molecule has 0 saturated heterocycles. The molecule has 3 heteroatoms. The highest BCUT2D eigenvalue weighted by atomic mass is 16.2. The van der Waals surface area contributed by atoms with Crippen LogP contribution in [0.2, 0.25) is 0 Å². The molecule has 2 aliphatic rings. The van der Waals surface area contributed by atoms with Gasteiger partial charge in [-0.25, -0.2) is 0 Å². The zero-order valence-electron chi connectivity index (χ0n) is 13.3. The standard InChI is InChI=1S/C20H22N2O/c23-20(19-12-15-7-1-2-8-16(15)13-21-19)22-18-11-5-9-14-6-3-4-10-17(14)18/h1-2,5,7-9,11,19,21H,3-4,6,10,12-13H2,(H,22,23). The largest absolute Gasteiger partial charge is 0.324 e. The number of aryl methyl sites for hydroxylation is 1. The molecule has 1 aliphatic carbocycles. The second kappa shape index (κ2) is 6.17. The van der Waals surface area contributed by atoms with E-state index < -0.39 is 0 Å². The summed E-state index contributed by atoms with van der Waals surface area (Å²) in [7, 11) is 0. The lowest BCUT2D eigenvalue weighted by Gasteiger charge is -2.26. The first-order valence-corrected chi connectivity index (χ1v) is 8.53. The van der Waals surface area contributed by atoms with Gasteiger partial charge in [-0.2, -0.15) is 0 Å². The van der Waals surface area contributed by atoms with Gasteiger partial charge in [-0.15, -0.1) is 0 Å². The fraction of sp³-hybridized carbons (Fsp3) is 0.350. The van der Waals surface area contributed by atoms with Crippen molar-refractivity contribution in [3.05, 3.63) is 64.7 Å². The minimum Gasteiger partial charge on any atom is -0.324 e. The molecule has 1 unspecified atom stereocenters. The van der Waals surface area contributed by atoms with Crippen LogP contribution in [0.15, 0.2) is 42.5 Å². The van der Waals surface area contributed by atoms with Crippen LogP contribution in [-0.2, 0) is 30.6 Å². The van der Waals surface area contributed by atoms with Crippen molar-refractivity contribution in [2.45, 2.75) is 44.7 Å². The molecule has 1 heterocycles. The number of fused-ring (bicyclic) bond motifs is 2. The summed E-state index contributed by atoms with van der Waals surface area (Å²) < 4.78 is 0. The summed E-state index contributed by atoms with van der Waals surface area (Å²) in [6.45, 7) is 0.765. The number of carbonyl (C=O) groups is 1. The first-order chi connectivity index (χ1) is 11.3. The van der Waals surface area contributed by atoms with E-state index in [-0.39, 0.29) is 11.9 Å². The average Bonchev–Trinajstić information content (AvgIpc) is 2.61. The van der Waals surface area contributed by atoms with Crippen LogP contribution in [0.25, 0.3) is 0 Å². The van der Waals surface area contributed by atoms with Crippen LogP contribution in [-0.4, -0.2) is 11.9 Å². The van der Waals surface area contributed by atoms with Gasteiger partial charge < -0.3 is 10.6 Å². The molecule has 1 atom stereocenters. The number of benzene rings is 2. The van der Waals surface area contributed by atoms with Crippen molar-refractivity contribution in [3.63, 3.8) is 0 Å². The topological polar surface area (TPSA) is 41.1 Å². The summed E-state index contributed by atoms with van der Waals surface area (Å²) in [5.74, 6) is 0.0819. The number of carbonyl (C=O) groups excluding carboxylic acids is 1. The van der Waals surface area contributed by atoms with Crippen LogP contribution >= 0.6 is 0 Å². The van der Waals surface area contributed by atoms with Crippen molar-refractivity contribution in [3.8, 4) is 0 Å². The molecule has 0 spiro atoms. The molecule has 0 fully saturated rings. The van der Waals surface area contributed by atoms with Gasteiger partial charge in [-0.05, 0) is 60.4 Å². The van der Waals surface area contributed by atoms with Crippen molar-refractivity contribution < 1.29 is 4.79 Å². The summed E-state index contributed by atoms with van der Waals surface area (Å²) in [4.78, 5) is 12.7. The molecule has 0 aromatic heterocycles. The summed E-state index contributed by atoms with van der Waals surface area (Å²) in [6, 6.07) is 14.5. The first-order valence-electron chi connectivity index (χ1n) is 8.53. The van der Waals surface area contributed by atoms with Crippen LogP contribution in [0.4, 0.5) is 5.69 Å². The number of anilines is 1. The van der Waals surface area contributed by atoms with Gasteiger partial charge in [0.1, 0.15) is 0 Å². The molecular weight excluding hydrogens is 284 g/mol. The lowest BCUT2D eigenvalue weighted by Crippen LogP contribution is -2.44. The molecule has 4 rings (SSSR count). The lowest BCUT2D eigenvalue weighted by molar-refractivity contribution is -0.118. The van der Waals surface area contributed by atoms with Crippen LogP contribution in [0, 0.1) is 0 Å². The Kier molecular flexibility index (Phi) is 3.88. The molecule has 2 aromatic carbocycles. The van der Waals surface area contributed by atoms with Gasteiger partial charge in [-0.1, -0.05) is 36.4 Å². The zero-order valence-corrected chi connectivity index (χ0v) is 13.3. The minimum atomic E-state index is -0.149. The molecule has 23 heavy (non-hydrogen) atoms. The molecule has 1 aliphatic heterocycles. The predicted molar refractivity (Wildman–Crippen MR) is 92.5 cm³/mol. The third kappa shape index (κ3) is 2.89. The summed E-state index contributed by atoms with van der Waals surface area (Å²) in [5, 5.41) is 6.53. The number of hydrogen-bond acceptors (Lipinski definition) is 2. The maximum atomic E-state index is 12.7. The molecular formula is C20H22N2O. The van der Waals surface area contributed by atoms with Crippen molar-refractivity contribution in [2.75, 3.05) is 5.32 Å². The van der Waals surface area contributed by atoms with Gasteiger partial charge in [-0.3, -0.25) is 4.79 Å². The third-order valence-electron chi connectivity index (χ3n) is 5.05. The summed E-state index contributed by atoms with van der Waals surface area (Å²) in [6.07, 6.45) is 5.44. The van der Waals surface area contributed by atoms with E-state index in [4.69, 9.17) is 0 Å². The highest BCUT2D eigenvalue weighted by Crippen LogP contribution is 2.28. The SMILES string of the molecule is O=C(Nc1cccc2c1CCCC2)C1Cc2ccccc2CN1. The molecule has 0 radical (unpaired) electrons. The van der Waals surface area contributed by atoms with Crippen molar-refractivity contribution in [2.24, 2.45) is 0 Å². The Morgan fingerprint density at radius 1 is 0.957 bits per heavy atom. The third-order valence-corrected chi connectivity index (χ3v) is 5.05. The van der Waals surface area contributed by atoms with E-state index in [0.29, 0.717) is 0 Å². The van der Waals surface area contributed by atoms with Crippen LogP contribution < -0.4 is 10.6 Å². The monoisotopic (exact) mass is 306 g/mol. The van der Waals surface area contributed by atoms with Gasteiger partial charge in [0.25, 0.3) is 0 Å². The van der Waals surface area contributed by atoms with E-state index in [9.17, 15) is 4.79 Å². The van der Waals surface area contributed by atoms with E-state index in [2.05, 4.69) is 41.0 Å². The Labute approximate surface area is 137 Å². The molecule has 1 amide bonds. The zero-order chi connectivity index (χ0) is 15.6. The molecule has 118 valence electrons. The molecule has 2 aromatic rings. The van der Waals surface area contributed by atoms with E-state index in [1.54, 1.807) is 0 Å². The quantitative estimate of drug-likeness (QED) is 0.894. The highest BCUT2D eigenvalue weighted by Gasteiger charge is 2.25. The normalized spacial score (nSPS) is 19.6. The average molecular weight is 306 g/mol. The van der Waals surface area contributed by atoms with Crippen molar-refractivity contribution in [1.29, 1.82) is 0 Å². The van der Waals surface area contributed by atoms with Gasteiger partial charge in [0.15, 0.2) is 0 Å². The second-order valence-corrected chi connectivity index (χ2v) is 6.55. The predicted octanol–water partition coefficient (Wildman–Crippen LogP) is 3.22. The number of amides is 1. The van der Waals surface area contributed by atoms with E-state index >= 15 is 0 Å². The number of rotatable bonds is 2. The van der Waals surface area contributed by atoms with Crippen molar-refractivity contribution >= 4 is 11.6 Å². The van der Waals surface area contributed by atoms with Crippen LogP contribution in [0.3, 0.4) is 0 Å². The molecule has 0 saturated carbocycles. The van der Waals surface area contributed by atoms with Crippen LogP contribution in [0.1, 0.15) is 35.1 Å². The van der Waals surface area contributed by atoms with E-state index in [1.807, 2.05) is 12.1 Å². The Morgan fingerprint density at radius 3 is 2.65 bits per heavy atom. The Hall–Kier alpha value is -2.13. The fourth-order valence-electron chi connectivity index (χ4n) is 3.76. The van der Waals surface area contributed by atoms with Gasteiger partial charge in [0.2, 0.25) is 5.91 Å². The fourth-order valence-corrected chi connectivity index (χ4v) is 3.76. The maximum absolute atomic E-state index is 12.7. The molecule has 2 N–H and O–H groups in total. The highest BCUT2D eigenvalue weighted by molar-refractivity contribution is 5.96. The Morgan fingerprint density at radius 2 is 1.74 bits per heavy atom. The molecule has 0 bridgehead atoms. The van der Waals surface area contributed by atoms with E-state index in [0.717, 1.165) is 31.5 Å². The number of nitrogens with one attached hydrogen (secondary N) is 2. The second-order valence-electron chi connectivity index (χ2n) is 6.55. The van der Waals surface area contributed by atoms with Gasteiger partial charge >= 0.3 is 0 Å². The van der Waals surface area contributed by atoms with E-state index in [1.165, 1.54) is 35.1 Å². The van der Waals surface area contributed by atoms with Crippen LogP contribution in [0.5, 0.6) is 0 Å². The van der Waals surface area contributed by atoms with Crippen molar-refractivity contribution in [1.82, 2.24) is 5.32 Å². The van der Waals surface area contributed by atoms with Gasteiger partial charge in [0.05, 0.1) is 6.04 Å². The minimum absolute atomic E-state index is 0.0819. The Balaban J connectivity index is 1.51. The molecule has 3 nitrogen and oxygen atoms in total. The lowest BCUT2D eigenvalue weighted by atomic mass is 9.90. The smallest absolute Gasteiger partial charge is 0.241 e. The maximum Gasteiger partial charge on any atom is 0.241 e.